The first-order chi connectivity index (χ1) is 11.8. The minimum atomic E-state index is 0.119. The molecule has 24 heavy (non-hydrogen) atoms. The highest BCUT2D eigenvalue weighted by molar-refractivity contribution is 5.76. The number of pyridine rings is 1. The average Bonchev–Trinajstić information content (AvgIpc) is 3.02. The maximum absolute atomic E-state index is 12.4. The second-order valence-corrected chi connectivity index (χ2v) is 5.62. The average molecular weight is 325 g/mol. The van der Waals surface area contributed by atoms with E-state index in [4.69, 9.17) is 0 Å². The second kappa shape index (κ2) is 7.55. The predicted octanol–water partition coefficient (Wildman–Crippen LogP) is 0.674. The molecule has 0 aliphatic carbocycles. The van der Waals surface area contributed by atoms with Crippen LogP contribution in [0.4, 0.5) is 5.82 Å². The number of aromatic nitrogens is 4. The Bertz CT molecular complexity index is 722. The molecule has 0 spiro atoms. The molecule has 3 heterocycles. The lowest BCUT2D eigenvalue weighted by Crippen LogP contribution is -2.36. The fraction of sp³-hybridized carbons (Fsp3) is 0.438. The number of carbonyl (C=O) groups excluding carboxylic acids is 1. The second-order valence-electron chi connectivity index (χ2n) is 5.62. The third-order valence-electron chi connectivity index (χ3n) is 4.08. The van der Waals surface area contributed by atoms with Crippen molar-refractivity contribution in [3.8, 4) is 6.07 Å². The van der Waals surface area contributed by atoms with Gasteiger partial charge in [0.25, 0.3) is 0 Å². The third kappa shape index (κ3) is 3.68. The zero-order valence-corrected chi connectivity index (χ0v) is 13.4. The summed E-state index contributed by atoms with van der Waals surface area (Å²) in [5.74, 6) is 0.825. The number of aryl methyl sites for hydroxylation is 1. The van der Waals surface area contributed by atoms with Gasteiger partial charge < -0.3 is 9.80 Å². The van der Waals surface area contributed by atoms with E-state index in [1.807, 2.05) is 4.90 Å². The number of anilines is 1. The van der Waals surface area contributed by atoms with Crippen LogP contribution in [0.1, 0.15) is 18.4 Å². The number of rotatable bonds is 4. The minimum Gasteiger partial charge on any atom is -0.354 e. The topological polar surface area (TPSA) is 90.9 Å². The van der Waals surface area contributed by atoms with Gasteiger partial charge in [0.05, 0.1) is 12.1 Å². The van der Waals surface area contributed by atoms with Crippen LogP contribution >= 0.6 is 0 Å². The van der Waals surface area contributed by atoms with E-state index in [2.05, 4.69) is 26.0 Å². The van der Waals surface area contributed by atoms with Crippen molar-refractivity contribution in [2.75, 3.05) is 31.1 Å². The highest BCUT2D eigenvalue weighted by atomic mass is 16.2. The van der Waals surface area contributed by atoms with Gasteiger partial charge >= 0.3 is 0 Å². The van der Waals surface area contributed by atoms with E-state index >= 15 is 0 Å². The van der Waals surface area contributed by atoms with Gasteiger partial charge in [0.1, 0.15) is 24.5 Å². The Morgan fingerprint density at radius 1 is 1.29 bits per heavy atom. The smallest absolute Gasteiger partial charge is 0.224 e. The molecule has 0 atom stereocenters. The van der Waals surface area contributed by atoms with Crippen LogP contribution in [0.3, 0.4) is 0 Å². The van der Waals surface area contributed by atoms with Crippen molar-refractivity contribution in [2.45, 2.75) is 19.4 Å². The molecule has 0 unspecified atom stereocenters. The van der Waals surface area contributed by atoms with Crippen LogP contribution in [0, 0.1) is 11.3 Å². The van der Waals surface area contributed by atoms with E-state index in [0.29, 0.717) is 37.4 Å². The van der Waals surface area contributed by atoms with E-state index < -0.39 is 0 Å². The lowest BCUT2D eigenvalue weighted by molar-refractivity contribution is -0.131. The van der Waals surface area contributed by atoms with Gasteiger partial charge in [-0.2, -0.15) is 10.4 Å². The van der Waals surface area contributed by atoms with Crippen molar-refractivity contribution in [1.29, 1.82) is 5.26 Å². The van der Waals surface area contributed by atoms with Gasteiger partial charge in [-0.1, -0.05) is 0 Å². The molecule has 1 saturated heterocycles. The quantitative estimate of drug-likeness (QED) is 0.821. The van der Waals surface area contributed by atoms with E-state index in [1.54, 1.807) is 29.3 Å². The number of carbonyl (C=O) groups is 1. The van der Waals surface area contributed by atoms with Crippen LogP contribution in [0.2, 0.25) is 0 Å². The summed E-state index contributed by atoms with van der Waals surface area (Å²) in [7, 11) is 0. The Morgan fingerprint density at radius 3 is 3.00 bits per heavy atom. The fourth-order valence-corrected chi connectivity index (χ4v) is 2.83. The number of nitrogens with zero attached hydrogens (tertiary/aromatic N) is 7. The van der Waals surface area contributed by atoms with Crippen LogP contribution in [-0.4, -0.2) is 56.7 Å². The molecular weight excluding hydrogens is 306 g/mol. The molecule has 3 rings (SSSR count). The first-order valence-corrected chi connectivity index (χ1v) is 7.98. The fourth-order valence-electron chi connectivity index (χ4n) is 2.83. The summed E-state index contributed by atoms with van der Waals surface area (Å²) in [6.07, 6.45) is 6.05. The zero-order chi connectivity index (χ0) is 16.8. The summed E-state index contributed by atoms with van der Waals surface area (Å²) in [4.78, 5) is 24.6. The number of nitriles is 1. The Balaban J connectivity index is 1.58. The molecule has 2 aromatic rings. The highest BCUT2D eigenvalue weighted by Crippen LogP contribution is 2.18. The van der Waals surface area contributed by atoms with Crippen LogP contribution in [0.15, 0.2) is 31.0 Å². The molecule has 0 bridgehead atoms. The van der Waals surface area contributed by atoms with Crippen molar-refractivity contribution in [3.63, 3.8) is 0 Å². The lowest BCUT2D eigenvalue weighted by Gasteiger charge is -2.23. The normalized spacial score (nSPS) is 15.0. The van der Waals surface area contributed by atoms with Crippen molar-refractivity contribution in [1.82, 2.24) is 24.6 Å². The standard InChI is InChI=1S/C16H19N7O/c17-11-14-3-1-5-19-16(14)22-7-2-6-21(9-10-22)15(24)4-8-23-13-18-12-20-23/h1,3,5,12-13H,2,4,6-10H2. The molecule has 1 amide bonds. The maximum Gasteiger partial charge on any atom is 0.224 e. The Labute approximate surface area is 140 Å². The number of hydrogen-bond acceptors (Lipinski definition) is 6. The molecule has 1 aliphatic heterocycles. The molecule has 1 fully saturated rings. The molecule has 2 aromatic heterocycles. The molecule has 124 valence electrons. The molecule has 8 heteroatoms. The molecule has 1 aliphatic rings. The Morgan fingerprint density at radius 2 is 2.21 bits per heavy atom. The summed E-state index contributed by atoms with van der Waals surface area (Å²) in [6, 6.07) is 5.72. The van der Waals surface area contributed by atoms with Gasteiger partial charge in [-0.05, 0) is 18.6 Å². The number of amides is 1. The molecular formula is C16H19N7O. The summed E-state index contributed by atoms with van der Waals surface area (Å²) in [6.45, 7) is 3.37. The van der Waals surface area contributed by atoms with E-state index in [9.17, 15) is 10.1 Å². The van der Waals surface area contributed by atoms with Crippen molar-refractivity contribution >= 4 is 11.7 Å². The van der Waals surface area contributed by atoms with E-state index in [1.165, 1.54) is 6.33 Å². The highest BCUT2D eigenvalue weighted by Gasteiger charge is 2.21. The largest absolute Gasteiger partial charge is 0.354 e. The predicted molar refractivity (Wildman–Crippen MR) is 87.0 cm³/mol. The summed E-state index contributed by atoms with van der Waals surface area (Å²) in [5.41, 5.74) is 0.573. The Hall–Kier alpha value is -2.95. The van der Waals surface area contributed by atoms with Crippen LogP contribution in [0.25, 0.3) is 0 Å². The number of hydrogen-bond donors (Lipinski definition) is 0. The first kappa shape index (κ1) is 15.9. The molecule has 0 saturated carbocycles. The molecule has 8 nitrogen and oxygen atoms in total. The van der Waals surface area contributed by atoms with Crippen LogP contribution < -0.4 is 4.90 Å². The van der Waals surface area contributed by atoms with Gasteiger partial charge in [0.2, 0.25) is 5.91 Å². The Kier molecular flexibility index (Phi) is 5.01. The summed E-state index contributed by atoms with van der Waals surface area (Å²) < 4.78 is 1.66. The van der Waals surface area contributed by atoms with Gasteiger partial charge in [0, 0.05) is 38.8 Å². The van der Waals surface area contributed by atoms with Crippen molar-refractivity contribution in [3.05, 3.63) is 36.5 Å². The molecule has 0 aromatic carbocycles. The molecule has 0 N–H and O–H groups in total. The monoisotopic (exact) mass is 325 g/mol. The van der Waals surface area contributed by atoms with Gasteiger partial charge in [-0.3, -0.25) is 9.48 Å². The SMILES string of the molecule is N#Cc1cccnc1N1CCCN(C(=O)CCn2cncn2)CC1. The van der Waals surface area contributed by atoms with Gasteiger partial charge in [0.15, 0.2) is 0 Å². The lowest BCUT2D eigenvalue weighted by atomic mass is 10.2. The summed E-state index contributed by atoms with van der Waals surface area (Å²) >= 11 is 0. The van der Waals surface area contributed by atoms with Crippen LogP contribution in [0.5, 0.6) is 0 Å². The van der Waals surface area contributed by atoms with Crippen molar-refractivity contribution < 1.29 is 4.79 Å². The van der Waals surface area contributed by atoms with Crippen molar-refractivity contribution in [2.24, 2.45) is 0 Å². The van der Waals surface area contributed by atoms with E-state index in [-0.39, 0.29) is 5.91 Å². The van der Waals surface area contributed by atoms with E-state index in [0.717, 1.165) is 19.5 Å². The maximum atomic E-state index is 12.4. The van der Waals surface area contributed by atoms with Crippen LogP contribution in [-0.2, 0) is 11.3 Å². The molecule has 0 radical (unpaired) electrons. The minimum absolute atomic E-state index is 0.119. The van der Waals surface area contributed by atoms with Gasteiger partial charge in [-0.25, -0.2) is 9.97 Å². The first-order valence-electron chi connectivity index (χ1n) is 7.98. The zero-order valence-electron chi connectivity index (χ0n) is 13.4. The third-order valence-corrected chi connectivity index (χ3v) is 4.08. The van der Waals surface area contributed by atoms with Gasteiger partial charge in [-0.15, -0.1) is 0 Å². The summed E-state index contributed by atoms with van der Waals surface area (Å²) in [5, 5.41) is 13.2.